The summed E-state index contributed by atoms with van der Waals surface area (Å²) in [7, 11) is 0. The molecular formula is C40H26N2. The van der Waals surface area contributed by atoms with Gasteiger partial charge in [-0.3, -0.25) is 0 Å². The number of rotatable bonds is 3. The van der Waals surface area contributed by atoms with E-state index in [-0.39, 0.29) is 0 Å². The van der Waals surface area contributed by atoms with Crippen LogP contribution in [0.4, 0.5) is 0 Å². The molecule has 0 spiro atoms. The van der Waals surface area contributed by atoms with Crippen LogP contribution in [-0.2, 0) is 0 Å². The Bertz CT molecular complexity index is 2460. The summed E-state index contributed by atoms with van der Waals surface area (Å²) in [5.41, 5.74) is 9.63. The van der Waals surface area contributed by atoms with E-state index in [9.17, 15) is 0 Å². The Kier molecular flexibility index (Phi) is 4.93. The first-order valence-electron chi connectivity index (χ1n) is 14.5. The highest BCUT2D eigenvalue weighted by atomic mass is 15.0. The zero-order valence-electron chi connectivity index (χ0n) is 22.9. The van der Waals surface area contributed by atoms with Crippen LogP contribution in [0.15, 0.2) is 158 Å². The van der Waals surface area contributed by atoms with Crippen molar-refractivity contribution in [3.8, 4) is 22.5 Å². The fourth-order valence-corrected chi connectivity index (χ4v) is 6.81. The Hall–Kier alpha value is -5.60. The summed E-state index contributed by atoms with van der Waals surface area (Å²) in [6, 6.07) is 57.3. The molecule has 0 aliphatic heterocycles. The lowest BCUT2D eigenvalue weighted by atomic mass is 10.0. The van der Waals surface area contributed by atoms with E-state index in [4.69, 9.17) is 0 Å². The molecule has 0 bridgehead atoms. The van der Waals surface area contributed by atoms with Crippen LogP contribution in [0.3, 0.4) is 0 Å². The number of fused-ring (bicyclic) bond motifs is 7. The van der Waals surface area contributed by atoms with Crippen LogP contribution in [-0.4, -0.2) is 9.13 Å². The van der Waals surface area contributed by atoms with Crippen LogP contribution in [0, 0.1) is 0 Å². The maximum Gasteiger partial charge on any atom is 0.0562 e. The molecule has 0 amide bonds. The van der Waals surface area contributed by atoms with Gasteiger partial charge in [0.1, 0.15) is 0 Å². The largest absolute Gasteiger partial charge is 0.309 e. The second-order valence-corrected chi connectivity index (χ2v) is 11.0. The highest BCUT2D eigenvalue weighted by Gasteiger charge is 2.19. The second-order valence-electron chi connectivity index (χ2n) is 11.0. The molecule has 0 atom stereocenters. The standard InChI is InChI=1S/C40H26N2/c1-2-13-28(14-3-1)31-16-6-9-19-36(31)42-38-21-11-8-18-33(38)35-25-34-32-17-7-10-20-37(32)41(39(34)26-40(35)42)30-23-22-27-12-4-5-15-29(27)24-30/h1-26H. The highest BCUT2D eigenvalue weighted by molar-refractivity contribution is 6.19. The Morgan fingerprint density at radius 1 is 0.333 bits per heavy atom. The summed E-state index contributed by atoms with van der Waals surface area (Å²) >= 11 is 0. The number of para-hydroxylation sites is 3. The van der Waals surface area contributed by atoms with Crippen molar-refractivity contribution in [1.29, 1.82) is 0 Å². The number of hydrogen-bond donors (Lipinski definition) is 0. The smallest absolute Gasteiger partial charge is 0.0562 e. The van der Waals surface area contributed by atoms with Crippen LogP contribution >= 0.6 is 0 Å². The lowest BCUT2D eigenvalue weighted by molar-refractivity contribution is 1.17. The van der Waals surface area contributed by atoms with Crippen LogP contribution < -0.4 is 0 Å². The molecule has 0 aliphatic rings. The molecule has 0 fully saturated rings. The van der Waals surface area contributed by atoms with Crippen molar-refractivity contribution in [2.45, 2.75) is 0 Å². The van der Waals surface area contributed by atoms with E-state index in [0.29, 0.717) is 0 Å². The fourth-order valence-electron chi connectivity index (χ4n) is 6.81. The molecule has 2 nitrogen and oxygen atoms in total. The third-order valence-corrected chi connectivity index (χ3v) is 8.69. The maximum atomic E-state index is 2.45. The minimum Gasteiger partial charge on any atom is -0.309 e. The van der Waals surface area contributed by atoms with Gasteiger partial charge in [0.05, 0.1) is 27.8 Å². The molecule has 0 saturated carbocycles. The minimum absolute atomic E-state index is 1.17. The van der Waals surface area contributed by atoms with E-state index < -0.39 is 0 Å². The minimum atomic E-state index is 1.17. The van der Waals surface area contributed by atoms with Crippen molar-refractivity contribution in [3.63, 3.8) is 0 Å². The summed E-state index contributed by atoms with van der Waals surface area (Å²) in [6.45, 7) is 0. The summed E-state index contributed by atoms with van der Waals surface area (Å²) in [4.78, 5) is 0. The summed E-state index contributed by atoms with van der Waals surface area (Å²) < 4.78 is 4.89. The van der Waals surface area contributed by atoms with Crippen molar-refractivity contribution in [1.82, 2.24) is 9.13 Å². The number of nitrogens with zero attached hydrogens (tertiary/aromatic N) is 2. The van der Waals surface area contributed by atoms with Crippen LogP contribution in [0.5, 0.6) is 0 Å². The van der Waals surface area contributed by atoms with E-state index in [1.807, 2.05) is 0 Å². The lowest BCUT2D eigenvalue weighted by Crippen LogP contribution is -1.98. The van der Waals surface area contributed by atoms with Gasteiger partial charge in [0, 0.05) is 32.8 Å². The molecular weight excluding hydrogens is 508 g/mol. The SMILES string of the molecule is c1ccc(-c2ccccc2-n2c3ccccc3c3cc4c5ccccc5n(-c5ccc6ccccc6c5)c4cc32)cc1. The summed E-state index contributed by atoms with van der Waals surface area (Å²) in [5, 5.41) is 7.56. The van der Waals surface area contributed by atoms with Crippen molar-refractivity contribution in [2.75, 3.05) is 0 Å². The Morgan fingerprint density at radius 3 is 1.71 bits per heavy atom. The van der Waals surface area contributed by atoms with Gasteiger partial charge < -0.3 is 9.13 Å². The van der Waals surface area contributed by atoms with Gasteiger partial charge in [0.15, 0.2) is 0 Å². The highest BCUT2D eigenvalue weighted by Crippen LogP contribution is 2.41. The van der Waals surface area contributed by atoms with Gasteiger partial charge in [-0.15, -0.1) is 0 Å². The topological polar surface area (TPSA) is 9.86 Å². The predicted molar refractivity (Wildman–Crippen MR) is 178 cm³/mol. The molecule has 2 heteroatoms. The molecule has 196 valence electrons. The average Bonchev–Trinajstić information content (AvgIpc) is 3.56. The molecule has 0 saturated heterocycles. The molecule has 9 rings (SSSR count). The average molecular weight is 535 g/mol. The molecule has 0 N–H and O–H groups in total. The third-order valence-electron chi connectivity index (χ3n) is 8.69. The van der Waals surface area contributed by atoms with Crippen molar-refractivity contribution in [2.24, 2.45) is 0 Å². The monoisotopic (exact) mass is 534 g/mol. The number of benzene rings is 7. The van der Waals surface area contributed by atoms with Gasteiger partial charge in [-0.2, -0.15) is 0 Å². The van der Waals surface area contributed by atoms with Crippen molar-refractivity contribution < 1.29 is 0 Å². The molecule has 42 heavy (non-hydrogen) atoms. The molecule has 2 aromatic heterocycles. The van der Waals surface area contributed by atoms with Crippen molar-refractivity contribution >= 4 is 54.4 Å². The van der Waals surface area contributed by atoms with Crippen molar-refractivity contribution in [3.05, 3.63) is 158 Å². The summed E-state index contributed by atoms with van der Waals surface area (Å²) in [5.74, 6) is 0. The first-order valence-corrected chi connectivity index (χ1v) is 14.5. The van der Waals surface area contributed by atoms with Crippen LogP contribution in [0.25, 0.3) is 76.9 Å². The Labute approximate surface area is 243 Å². The Balaban J connectivity index is 1.43. The van der Waals surface area contributed by atoms with Gasteiger partial charge in [-0.1, -0.05) is 115 Å². The van der Waals surface area contributed by atoms with E-state index in [1.165, 1.54) is 76.9 Å². The zero-order chi connectivity index (χ0) is 27.6. The first kappa shape index (κ1) is 23.1. The second kappa shape index (κ2) is 8.95. The first-order chi connectivity index (χ1) is 20.8. The van der Waals surface area contributed by atoms with E-state index >= 15 is 0 Å². The van der Waals surface area contributed by atoms with E-state index in [0.717, 1.165) is 0 Å². The quantitative estimate of drug-likeness (QED) is 0.213. The van der Waals surface area contributed by atoms with E-state index in [2.05, 4.69) is 167 Å². The molecule has 9 aromatic rings. The molecule has 7 aromatic carbocycles. The predicted octanol–water partition coefficient (Wildman–Crippen LogP) is 10.7. The van der Waals surface area contributed by atoms with Gasteiger partial charge in [0.2, 0.25) is 0 Å². The Morgan fingerprint density at radius 2 is 0.929 bits per heavy atom. The van der Waals surface area contributed by atoms with Gasteiger partial charge in [-0.25, -0.2) is 0 Å². The molecule has 0 radical (unpaired) electrons. The van der Waals surface area contributed by atoms with E-state index in [1.54, 1.807) is 0 Å². The number of hydrogen-bond acceptors (Lipinski definition) is 0. The van der Waals surface area contributed by atoms with Crippen LogP contribution in [0.2, 0.25) is 0 Å². The van der Waals surface area contributed by atoms with Gasteiger partial charge in [0.25, 0.3) is 0 Å². The molecule has 0 aliphatic carbocycles. The fraction of sp³-hybridized carbons (Fsp3) is 0. The van der Waals surface area contributed by atoms with Gasteiger partial charge in [-0.05, 0) is 58.8 Å². The summed E-state index contributed by atoms with van der Waals surface area (Å²) in [6.07, 6.45) is 0. The maximum absolute atomic E-state index is 2.45. The zero-order valence-corrected chi connectivity index (χ0v) is 22.9. The lowest BCUT2D eigenvalue weighted by Gasteiger charge is -2.14. The molecule has 0 unspecified atom stereocenters. The normalized spacial score (nSPS) is 11.8. The number of aromatic nitrogens is 2. The van der Waals surface area contributed by atoms with Gasteiger partial charge >= 0.3 is 0 Å². The van der Waals surface area contributed by atoms with Crippen LogP contribution in [0.1, 0.15) is 0 Å². The third kappa shape index (κ3) is 3.33. The molecule has 2 heterocycles.